The summed E-state index contributed by atoms with van der Waals surface area (Å²) in [6.45, 7) is 3.48. The van der Waals surface area contributed by atoms with E-state index in [0.717, 1.165) is 16.9 Å². The van der Waals surface area contributed by atoms with E-state index < -0.39 is 23.5 Å². The average molecular weight is 601 g/mol. The van der Waals surface area contributed by atoms with Crippen LogP contribution in [-0.2, 0) is 10.5 Å². The minimum absolute atomic E-state index is 0.110. The van der Waals surface area contributed by atoms with E-state index in [9.17, 15) is 19.8 Å². The first-order valence-corrected chi connectivity index (χ1v) is 14.5. The van der Waals surface area contributed by atoms with Crippen LogP contribution in [0.4, 0.5) is 5.13 Å². The molecule has 200 valence electrons. The second kappa shape index (κ2) is 11.0. The highest BCUT2D eigenvalue weighted by atomic mass is 35.5. The monoisotopic (exact) mass is 600 g/mol. The van der Waals surface area contributed by atoms with Gasteiger partial charge in [0, 0.05) is 10.8 Å². The van der Waals surface area contributed by atoms with Gasteiger partial charge in [-0.1, -0.05) is 59.0 Å². The summed E-state index contributed by atoms with van der Waals surface area (Å²) in [4.78, 5) is 33.1. The number of carbonyl (C=O) groups is 2. The molecule has 13 heteroatoms. The van der Waals surface area contributed by atoms with Gasteiger partial charge in [-0.3, -0.25) is 14.5 Å². The Balaban J connectivity index is 1.55. The maximum Gasteiger partial charge on any atom is 0.296 e. The van der Waals surface area contributed by atoms with Gasteiger partial charge in [0.2, 0.25) is 10.9 Å². The first-order valence-electron chi connectivity index (χ1n) is 11.5. The fourth-order valence-electron chi connectivity index (χ4n) is 4.19. The molecule has 1 unspecified atom stereocenters. The van der Waals surface area contributed by atoms with Gasteiger partial charge in [0.25, 0.3) is 5.91 Å². The number of aryl methyl sites for hydroxylation is 2. The summed E-state index contributed by atoms with van der Waals surface area (Å²) in [5, 5.41) is 31.2. The van der Waals surface area contributed by atoms with Crippen LogP contribution in [0.1, 0.15) is 37.5 Å². The second-order valence-electron chi connectivity index (χ2n) is 8.48. The van der Waals surface area contributed by atoms with E-state index in [2.05, 4.69) is 15.2 Å². The number of aromatic hydroxyl groups is 1. The van der Waals surface area contributed by atoms with Crippen LogP contribution in [0.2, 0.25) is 5.02 Å². The van der Waals surface area contributed by atoms with Gasteiger partial charge in [-0.05, 0) is 43.2 Å². The number of aliphatic hydroxyl groups is 1. The third kappa shape index (κ3) is 5.12. The molecule has 2 aromatic carbocycles. The topological polar surface area (TPSA) is 126 Å². The van der Waals surface area contributed by atoms with Crippen LogP contribution >= 0.6 is 46.0 Å². The van der Waals surface area contributed by atoms with Gasteiger partial charge in [-0.25, -0.2) is 4.98 Å². The standard InChI is InChI=1S/C26H21ClN4O5S3/c1-12-23(38-13(2)28-12)21(33)19-20(14-8-9-17(32)18(10-14)36-3)31(24(35)22(19)34)25-29-30-26(39-25)37-11-15-6-4-5-7-16(15)27/h4-10,20,32,34H,11H2,1-3H3. The number of phenols is 1. The smallest absolute Gasteiger partial charge is 0.296 e. The SMILES string of the molecule is COc1cc(C2C(C(=O)c3sc(C)nc3C)=C(O)C(=O)N2c2nnc(SCc3ccccc3Cl)s2)ccc1O. The molecule has 0 aliphatic carbocycles. The van der Waals surface area contributed by atoms with Crippen molar-refractivity contribution in [3.05, 3.63) is 85.5 Å². The zero-order valence-electron chi connectivity index (χ0n) is 20.8. The van der Waals surface area contributed by atoms with Gasteiger partial charge in [0.15, 0.2) is 21.6 Å². The van der Waals surface area contributed by atoms with Gasteiger partial charge in [0.05, 0.1) is 34.3 Å². The molecule has 2 aromatic heterocycles. The summed E-state index contributed by atoms with van der Waals surface area (Å²) in [7, 11) is 1.40. The van der Waals surface area contributed by atoms with E-state index in [4.69, 9.17) is 16.3 Å². The zero-order valence-corrected chi connectivity index (χ0v) is 24.0. The van der Waals surface area contributed by atoms with E-state index in [1.165, 1.54) is 47.2 Å². The van der Waals surface area contributed by atoms with Crippen LogP contribution in [0.25, 0.3) is 0 Å². The number of phenolic OH excluding ortho intramolecular Hbond substituents is 1. The fraction of sp³-hybridized carbons (Fsp3) is 0.192. The predicted molar refractivity (Wildman–Crippen MR) is 151 cm³/mol. The van der Waals surface area contributed by atoms with Crippen LogP contribution in [0, 0.1) is 13.8 Å². The molecule has 2 N–H and O–H groups in total. The summed E-state index contributed by atoms with van der Waals surface area (Å²) in [5.74, 6) is -1.40. The lowest BCUT2D eigenvalue weighted by Crippen LogP contribution is -2.31. The molecule has 39 heavy (non-hydrogen) atoms. The molecule has 5 rings (SSSR count). The van der Waals surface area contributed by atoms with Gasteiger partial charge in [0.1, 0.15) is 0 Å². The third-order valence-corrected chi connectivity index (χ3v) is 9.54. The zero-order chi connectivity index (χ0) is 27.8. The molecular weight excluding hydrogens is 580 g/mol. The highest BCUT2D eigenvalue weighted by Crippen LogP contribution is 2.46. The maximum atomic E-state index is 13.8. The Bertz CT molecular complexity index is 1630. The van der Waals surface area contributed by atoms with Crippen molar-refractivity contribution in [2.45, 2.75) is 30.0 Å². The van der Waals surface area contributed by atoms with Gasteiger partial charge in [-0.2, -0.15) is 0 Å². The molecule has 1 aliphatic rings. The van der Waals surface area contributed by atoms with Gasteiger partial charge >= 0.3 is 0 Å². The predicted octanol–water partition coefficient (Wildman–Crippen LogP) is 6.05. The molecule has 1 atom stereocenters. The number of benzene rings is 2. The number of hydrogen-bond donors (Lipinski definition) is 2. The first kappa shape index (κ1) is 27.1. The second-order valence-corrected chi connectivity index (χ2v) is 12.3. The molecule has 4 aromatic rings. The summed E-state index contributed by atoms with van der Waals surface area (Å²) < 4.78 is 5.84. The molecule has 0 bridgehead atoms. The Hall–Kier alpha value is -3.45. The van der Waals surface area contributed by atoms with Gasteiger partial charge < -0.3 is 14.9 Å². The summed E-state index contributed by atoms with van der Waals surface area (Å²) in [6, 6.07) is 10.9. The van der Waals surface area contributed by atoms with Crippen LogP contribution in [-0.4, -0.2) is 44.2 Å². The largest absolute Gasteiger partial charge is 0.504 e. The van der Waals surface area contributed by atoms with Crippen LogP contribution < -0.4 is 9.64 Å². The Morgan fingerprint density at radius 1 is 1.15 bits per heavy atom. The van der Waals surface area contributed by atoms with Crippen LogP contribution in [0.15, 0.2) is 58.1 Å². The molecule has 0 saturated carbocycles. The van der Waals surface area contributed by atoms with Crippen molar-refractivity contribution in [1.82, 2.24) is 15.2 Å². The number of nitrogens with zero attached hydrogens (tertiary/aromatic N) is 4. The number of thiazole rings is 1. The number of Topliss-reactive ketones (excluding diaryl/α,β-unsaturated/α-hetero) is 1. The van der Waals surface area contributed by atoms with E-state index in [1.54, 1.807) is 19.9 Å². The van der Waals surface area contributed by atoms with E-state index in [-0.39, 0.29) is 22.2 Å². The highest BCUT2D eigenvalue weighted by Gasteiger charge is 2.47. The van der Waals surface area contributed by atoms with Crippen LogP contribution in [0.5, 0.6) is 11.5 Å². The molecule has 1 amide bonds. The number of rotatable bonds is 8. The lowest BCUT2D eigenvalue weighted by molar-refractivity contribution is -0.117. The Labute approximate surface area is 240 Å². The number of aliphatic hydroxyl groups excluding tert-OH is 1. The molecule has 0 radical (unpaired) electrons. The third-order valence-electron chi connectivity index (χ3n) is 5.99. The number of halogens is 1. The Kier molecular flexibility index (Phi) is 7.63. The first-order chi connectivity index (χ1) is 18.7. The summed E-state index contributed by atoms with van der Waals surface area (Å²) in [5.41, 5.74) is 1.75. The molecular formula is C26H21ClN4O5S3. The number of ketones is 1. The normalized spacial score (nSPS) is 15.3. The quantitative estimate of drug-likeness (QED) is 0.141. The van der Waals surface area contributed by atoms with E-state index >= 15 is 0 Å². The molecule has 0 fully saturated rings. The highest BCUT2D eigenvalue weighted by molar-refractivity contribution is 8.00. The number of thioether (sulfide) groups is 1. The number of aromatic nitrogens is 3. The van der Waals surface area contributed by atoms with Crippen molar-refractivity contribution in [3.8, 4) is 11.5 Å². The average Bonchev–Trinajstić information content (AvgIpc) is 3.59. The molecule has 9 nitrogen and oxygen atoms in total. The number of hydrogen-bond acceptors (Lipinski definition) is 11. The number of methoxy groups -OCH3 is 1. The molecule has 0 spiro atoms. The number of ether oxygens (including phenoxy) is 1. The Morgan fingerprint density at radius 3 is 2.62 bits per heavy atom. The summed E-state index contributed by atoms with van der Waals surface area (Å²) in [6.07, 6.45) is 0. The molecule has 3 heterocycles. The van der Waals surface area contributed by atoms with Crippen molar-refractivity contribution in [1.29, 1.82) is 0 Å². The number of amides is 1. The van der Waals surface area contributed by atoms with Crippen molar-refractivity contribution < 1.29 is 24.5 Å². The van der Waals surface area contributed by atoms with Crippen molar-refractivity contribution in [2.24, 2.45) is 0 Å². The lowest BCUT2D eigenvalue weighted by Gasteiger charge is -2.24. The summed E-state index contributed by atoms with van der Waals surface area (Å²) >= 11 is 10.0. The molecule has 1 aliphatic heterocycles. The van der Waals surface area contributed by atoms with Crippen molar-refractivity contribution in [2.75, 3.05) is 12.0 Å². The number of anilines is 1. The van der Waals surface area contributed by atoms with E-state index in [0.29, 0.717) is 36.3 Å². The van der Waals surface area contributed by atoms with Gasteiger partial charge in [-0.15, -0.1) is 21.5 Å². The minimum Gasteiger partial charge on any atom is -0.504 e. The maximum absolute atomic E-state index is 13.8. The molecule has 0 saturated heterocycles. The Morgan fingerprint density at radius 2 is 1.92 bits per heavy atom. The van der Waals surface area contributed by atoms with Crippen molar-refractivity contribution in [3.63, 3.8) is 0 Å². The van der Waals surface area contributed by atoms with Crippen molar-refractivity contribution >= 4 is 62.9 Å². The van der Waals surface area contributed by atoms with E-state index in [1.807, 2.05) is 24.3 Å². The van der Waals surface area contributed by atoms with Crippen LogP contribution in [0.3, 0.4) is 0 Å². The minimum atomic E-state index is -1.05. The lowest BCUT2D eigenvalue weighted by atomic mass is 9.95. The number of carbonyl (C=O) groups excluding carboxylic acids is 2. The fourth-order valence-corrected chi connectivity index (χ4v) is 7.22.